The number of hydrogen-bond acceptors (Lipinski definition) is 17. The summed E-state index contributed by atoms with van der Waals surface area (Å²) in [5, 5.41) is 53.5. The molecule has 24 heteroatoms. The van der Waals surface area contributed by atoms with Crippen molar-refractivity contribution in [2.45, 2.75) is 91.3 Å². The number of carbonyl (C=O) groups is 8. The Kier molecular flexibility index (Phi) is 39.3. The van der Waals surface area contributed by atoms with Gasteiger partial charge in [0.2, 0.25) is 11.8 Å². The Morgan fingerprint density at radius 1 is 0.461 bits per heavy atom. The first-order valence-electron chi connectivity index (χ1n) is 33.0. The van der Waals surface area contributed by atoms with E-state index in [1.165, 1.54) is 24.1 Å². The maximum Gasteiger partial charge on any atom is 0.335 e. The maximum atomic E-state index is 12.8. The second-order valence-electron chi connectivity index (χ2n) is 24.1. The molecule has 8 aromatic carbocycles. The van der Waals surface area contributed by atoms with Gasteiger partial charge < -0.3 is 49.7 Å². The molecule has 8 rings (SSSR count). The number of nitrogens with one attached hydrogen (secondary N) is 3. The maximum absolute atomic E-state index is 12.8. The first kappa shape index (κ1) is 85.7. The summed E-state index contributed by atoms with van der Waals surface area (Å²) >= 11 is 0. The third-order valence-corrected chi connectivity index (χ3v) is 20.1. The van der Waals surface area contributed by atoms with Crippen molar-refractivity contribution in [2.75, 3.05) is 73.1 Å². The Balaban J connectivity index is 0.000000333. The second kappa shape index (κ2) is 46.7. The number of anilines is 4. The van der Waals surface area contributed by atoms with Crippen molar-refractivity contribution in [3.63, 3.8) is 0 Å². The molecule has 0 saturated heterocycles. The van der Waals surface area contributed by atoms with Gasteiger partial charge >= 0.3 is 11.9 Å². The van der Waals surface area contributed by atoms with Gasteiger partial charge in [-0.1, -0.05) is 156 Å². The molecule has 544 valence electrons. The number of carboxylic acid groups (broad SMARTS) is 1. The van der Waals surface area contributed by atoms with E-state index in [-0.39, 0.29) is 73.9 Å². The number of para-hydroxylation sites is 4. The molecular formula is C78H97N7O16Si. The number of hydroxylamine groups is 2. The zero-order chi connectivity index (χ0) is 75.5. The summed E-state index contributed by atoms with van der Waals surface area (Å²) in [6.07, 6.45) is 2.18. The number of carbonyl (C=O) groups excluding carboxylic acids is 7. The number of benzene rings is 8. The van der Waals surface area contributed by atoms with Gasteiger partial charge in [0.05, 0.1) is 45.1 Å². The SMILES string of the molecule is CC(C)(C)[Si](C)(C)OCCNc1ccccc1.CCCN(C(=O)c1ccc(CC(=O)NO)cc1)c1ccccc1.CCCN(C(=O)c1ccc(CC(=O)OC)cc1)c1ccccc1.NO.O=C(CO)Cc1ccc(C(=O)O)cc1.O=C(Cc1ccc(C(=O)N(CCO)c2ccccc2)cc1)NO. The molecule has 0 spiro atoms. The van der Waals surface area contributed by atoms with Crippen molar-refractivity contribution >= 4 is 78.3 Å². The monoisotopic (exact) mass is 1420 g/mol. The average molecular weight is 1420 g/mol. The molecule has 0 aliphatic rings. The molecule has 0 bridgehead atoms. The normalized spacial score (nSPS) is 10.4. The van der Waals surface area contributed by atoms with Crippen LogP contribution in [0.3, 0.4) is 0 Å². The number of hydrogen-bond donors (Lipinski definition) is 10. The zero-order valence-electron chi connectivity index (χ0n) is 59.2. The number of carboxylic acids is 1. The van der Waals surface area contributed by atoms with E-state index in [0.29, 0.717) is 51.6 Å². The van der Waals surface area contributed by atoms with Crippen molar-refractivity contribution in [3.8, 4) is 0 Å². The Bertz CT molecular complexity index is 3490. The molecule has 0 radical (unpaired) electrons. The van der Waals surface area contributed by atoms with Crippen LogP contribution in [0.1, 0.15) is 111 Å². The number of ketones is 1. The van der Waals surface area contributed by atoms with E-state index in [1.807, 2.05) is 111 Å². The Labute approximate surface area is 598 Å². The lowest BCUT2D eigenvalue weighted by Gasteiger charge is -2.36. The van der Waals surface area contributed by atoms with Gasteiger partial charge in [-0.3, -0.25) is 44.0 Å². The van der Waals surface area contributed by atoms with Crippen molar-refractivity contribution < 1.29 is 78.5 Å². The molecule has 11 N–H and O–H groups in total. The predicted octanol–water partition coefficient (Wildman–Crippen LogP) is 11.6. The van der Waals surface area contributed by atoms with Crippen LogP contribution >= 0.6 is 0 Å². The van der Waals surface area contributed by atoms with Crippen LogP contribution in [0.2, 0.25) is 18.1 Å². The van der Waals surface area contributed by atoms with Crippen LogP contribution < -0.4 is 36.9 Å². The fraction of sp³-hybridized carbons (Fsp3) is 0.282. The smallest absolute Gasteiger partial charge is 0.335 e. The summed E-state index contributed by atoms with van der Waals surface area (Å²) in [6, 6.07) is 65.0. The van der Waals surface area contributed by atoms with E-state index in [0.717, 1.165) is 54.2 Å². The van der Waals surface area contributed by atoms with E-state index in [2.05, 4.69) is 61.9 Å². The number of aromatic carboxylic acids is 1. The second-order valence-corrected chi connectivity index (χ2v) is 29.0. The molecule has 23 nitrogen and oxygen atoms in total. The molecule has 0 saturated carbocycles. The quantitative estimate of drug-likeness (QED) is 0.00751. The number of Topliss-reactive ketones (excluding diaryl/α,β-unsaturated/α-hetero) is 1. The molecule has 0 unspecified atom stereocenters. The van der Waals surface area contributed by atoms with Crippen LogP contribution in [0, 0.1) is 0 Å². The summed E-state index contributed by atoms with van der Waals surface area (Å²) in [5.74, 6) is 0.581. The Morgan fingerprint density at radius 2 is 0.784 bits per heavy atom. The number of ether oxygens (including phenoxy) is 1. The number of rotatable bonds is 27. The minimum Gasteiger partial charge on any atom is -0.478 e. The lowest BCUT2D eigenvalue weighted by molar-refractivity contribution is -0.139. The van der Waals surface area contributed by atoms with E-state index < -0.39 is 32.7 Å². The van der Waals surface area contributed by atoms with Gasteiger partial charge in [-0.2, -0.15) is 0 Å². The molecule has 0 heterocycles. The topological polar surface area (TPSA) is 348 Å². The van der Waals surface area contributed by atoms with Crippen molar-refractivity contribution in [2.24, 2.45) is 5.90 Å². The van der Waals surface area contributed by atoms with Gasteiger partial charge in [0, 0.05) is 72.0 Å². The minimum atomic E-state index is -1.58. The lowest BCUT2D eigenvalue weighted by atomic mass is 10.1. The predicted molar refractivity (Wildman–Crippen MR) is 398 cm³/mol. The number of methoxy groups -OCH3 is 1. The highest BCUT2D eigenvalue weighted by Crippen LogP contribution is 2.36. The van der Waals surface area contributed by atoms with Gasteiger partial charge in [-0.15, -0.1) is 0 Å². The van der Waals surface area contributed by atoms with Crippen molar-refractivity contribution in [1.29, 1.82) is 0 Å². The summed E-state index contributed by atoms with van der Waals surface area (Å²) < 4.78 is 10.7. The first-order valence-corrected chi connectivity index (χ1v) is 35.9. The molecule has 8 aromatic rings. The van der Waals surface area contributed by atoms with Crippen LogP contribution in [0.25, 0.3) is 0 Å². The number of aliphatic hydroxyl groups excluding tert-OH is 2. The Hall–Kier alpha value is -10.5. The summed E-state index contributed by atoms with van der Waals surface area (Å²) in [6.45, 7) is 18.0. The van der Waals surface area contributed by atoms with Gasteiger partial charge in [0.25, 0.3) is 17.7 Å². The van der Waals surface area contributed by atoms with Crippen LogP contribution in [-0.2, 0) is 54.0 Å². The molecule has 102 heavy (non-hydrogen) atoms. The number of amides is 5. The number of nitrogens with zero attached hydrogens (tertiary/aromatic N) is 3. The third-order valence-electron chi connectivity index (χ3n) is 15.6. The van der Waals surface area contributed by atoms with Gasteiger partial charge in [0.1, 0.15) is 6.61 Å². The average Bonchev–Trinajstić information content (AvgIpc) is 0.821. The number of esters is 1. The fourth-order valence-electron chi connectivity index (χ4n) is 9.19. The van der Waals surface area contributed by atoms with E-state index in [1.54, 1.807) is 118 Å². The molecule has 0 atom stereocenters. The van der Waals surface area contributed by atoms with Crippen LogP contribution in [-0.4, -0.2) is 140 Å². The number of aliphatic hydroxyl groups is 2. The van der Waals surface area contributed by atoms with E-state index in [9.17, 15) is 43.5 Å². The number of nitrogens with two attached hydrogens (primary N) is 1. The lowest BCUT2D eigenvalue weighted by Crippen LogP contribution is -2.41. The highest BCUT2D eigenvalue weighted by atomic mass is 28.4. The van der Waals surface area contributed by atoms with E-state index >= 15 is 0 Å². The van der Waals surface area contributed by atoms with Crippen LogP contribution in [0.4, 0.5) is 22.7 Å². The Morgan fingerprint density at radius 3 is 1.09 bits per heavy atom. The highest BCUT2D eigenvalue weighted by Gasteiger charge is 2.37. The standard InChI is InChI=1S/C19H21NO3.C18H20N2O3.C17H18N2O4.C14H25NOSi.C10H10O4.H3NO/c1-3-13-20(17-7-5-4-6-8-17)19(22)16-11-9-15(10-12-16)14-18(21)23-2;1-2-12-20(16-6-4-3-5-7-16)18(22)15-10-8-14(9-11-15)13-17(21)19-23;20-11-10-19(15-4-2-1-3-5-15)17(22)14-8-6-13(7-9-14)12-16(21)18-23;1-14(2,3)17(4,5)16-12-11-15-13-9-7-6-8-10-13;11-6-9(12)5-7-1-3-8(4-2-7)10(13)14;1-2/h4-12H,3,13-14H2,1-2H3;3-11,23H,2,12-13H2,1H3,(H,19,21);1-9,20,23H,10-12H2,(H,18,21);6-10,15H,11-12H2,1-5H3;1-4,11H,5-6H2,(H,13,14);2H,1H2. The summed E-state index contributed by atoms with van der Waals surface area (Å²) in [5.41, 5.74) is 11.5. The largest absolute Gasteiger partial charge is 0.478 e. The minimum absolute atomic E-state index is 0.0318. The highest BCUT2D eigenvalue weighted by molar-refractivity contribution is 6.74. The molecule has 0 aliphatic carbocycles. The zero-order valence-corrected chi connectivity index (χ0v) is 60.2. The summed E-state index contributed by atoms with van der Waals surface area (Å²) in [7, 11) is -0.219. The van der Waals surface area contributed by atoms with Gasteiger partial charge in [-0.05, 0) is 150 Å². The molecule has 5 amide bonds. The molecular weight excluding hydrogens is 1320 g/mol. The van der Waals surface area contributed by atoms with Crippen LogP contribution in [0.15, 0.2) is 218 Å². The summed E-state index contributed by atoms with van der Waals surface area (Å²) in [4.78, 5) is 98.0. The third kappa shape index (κ3) is 30.5. The van der Waals surface area contributed by atoms with Gasteiger partial charge in [-0.25, -0.2) is 21.7 Å². The molecule has 0 aromatic heterocycles. The molecule has 0 aliphatic heterocycles. The van der Waals surface area contributed by atoms with E-state index in [4.69, 9.17) is 30.3 Å². The van der Waals surface area contributed by atoms with Gasteiger partial charge in [0.15, 0.2) is 14.1 Å². The van der Waals surface area contributed by atoms with Crippen molar-refractivity contribution in [1.82, 2.24) is 11.0 Å². The van der Waals surface area contributed by atoms with Crippen LogP contribution in [0.5, 0.6) is 0 Å². The van der Waals surface area contributed by atoms with Crippen molar-refractivity contribution in [3.05, 3.63) is 263 Å². The first-order chi connectivity index (χ1) is 48.9. The fourth-order valence-corrected chi connectivity index (χ4v) is 10.2. The molecule has 0 fully saturated rings.